The molecule has 0 radical (unpaired) electrons. The molecule has 0 bridgehead atoms. The Kier molecular flexibility index (Phi) is 2.14. The summed E-state index contributed by atoms with van der Waals surface area (Å²) in [6.45, 7) is 0. The van der Waals surface area contributed by atoms with Gasteiger partial charge in [-0.2, -0.15) is 0 Å². The molecule has 37 valence electrons. The summed E-state index contributed by atoms with van der Waals surface area (Å²) in [5.41, 5.74) is 0. The van der Waals surface area contributed by atoms with Crippen LogP contribution in [0.3, 0.4) is 0 Å². The Morgan fingerprint density at radius 1 is 1.60 bits per heavy atom. The van der Waals surface area contributed by atoms with E-state index in [0.29, 0.717) is 0 Å². The number of hydrogen-bond donors (Lipinski definition) is 1. The fourth-order valence-electron chi connectivity index (χ4n) is 0. The first kappa shape index (κ1) is 6.16. The van der Waals surface area contributed by atoms with E-state index >= 15 is 0 Å². The van der Waals surface area contributed by atoms with E-state index < -0.39 is 4.74 Å². The van der Waals surface area contributed by atoms with Gasteiger partial charge in [0.15, 0.2) is 0 Å². The molecule has 0 spiro atoms. The van der Waals surface area contributed by atoms with Crippen molar-refractivity contribution in [2.45, 2.75) is 0 Å². The summed E-state index contributed by atoms with van der Waals surface area (Å²) in [4.78, 5) is 0. The molecule has 0 heterocycles. The van der Waals surface area contributed by atoms with E-state index in [4.69, 9.17) is 13.0 Å². The predicted molar refractivity (Wildman–Crippen MR) is 11.5 cm³/mol. The molecule has 0 aromatic heterocycles. The predicted octanol–water partition coefficient (Wildman–Crippen LogP) is -0.661. The molecule has 0 aliphatic carbocycles. The average Bonchev–Trinajstić information content (AvgIpc) is 0.722. The Labute approximate surface area is 50.7 Å². The molecular formula is HErO3S. The molecule has 0 unspecified atom stereocenters. The molecule has 0 aromatic rings. The van der Waals surface area contributed by atoms with Crippen molar-refractivity contribution >= 4 is 4.74 Å². The van der Waals surface area contributed by atoms with Crippen molar-refractivity contribution in [2.24, 2.45) is 0 Å². The van der Waals surface area contributed by atoms with Gasteiger partial charge in [-0.3, -0.25) is 0 Å². The second-order valence-corrected chi connectivity index (χ2v) is 3.96. The van der Waals surface area contributed by atoms with Crippen LogP contribution in [-0.2, 0) is 4.74 Å². The molecule has 0 saturated heterocycles. The zero-order chi connectivity index (χ0) is 4.50. The molecule has 0 amide bonds. The van der Waals surface area contributed by atoms with Crippen LogP contribution < -0.4 is 0 Å². The Morgan fingerprint density at radius 2 is 1.60 bits per heavy atom. The van der Waals surface area contributed by atoms with Crippen molar-refractivity contribution in [3.63, 3.8) is 0 Å². The summed E-state index contributed by atoms with van der Waals surface area (Å²) in [6.07, 6.45) is 0. The summed E-state index contributed by atoms with van der Waals surface area (Å²) in [5, 5.41) is 0. The molecule has 0 atom stereocenters. The molecule has 0 aliphatic rings. The van der Waals surface area contributed by atoms with Crippen LogP contribution in [0.1, 0.15) is 0 Å². The molecule has 0 saturated carbocycles. The normalized spacial score (nSPS) is 11.8. The molecule has 0 aliphatic heterocycles. The van der Waals surface area contributed by atoms with E-state index in [1.165, 1.54) is 33.5 Å². The average molecular weight is 248 g/mol. The van der Waals surface area contributed by atoms with E-state index in [1.54, 1.807) is 0 Å². The molecule has 5 heavy (non-hydrogen) atoms. The minimum absolute atomic E-state index is 1.24. The van der Waals surface area contributed by atoms with E-state index in [-0.39, 0.29) is 0 Å². The third-order valence-corrected chi connectivity index (χ3v) is 0. The summed E-state index contributed by atoms with van der Waals surface area (Å²) in [6, 6.07) is 0. The van der Waals surface area contributed by atoms with Crippen LogP contribution in [0.15, 0.2) is 0 Å². The van der Waals surface area contributed by atoms with Crippen molar-refractivity contribution in [2.75, 3.05) is 0 Å². The van der Waals surface area contributed by atoms with Gasteiger partial charge in [0, 0.05) is 0 Å². The van der Waals surface area contributed by atoms with Crippen molar-refractivity contribution in [1.29, 1.82) is 0 Å². The third-order valence-electron chi connectivity index (χ3n) is 0. The van der Waals surface area contributed by atoms with Gasteiger partial charge in [-0.05, 0) is 0 Å². The van der Waals surface area contributed by atoms with Gasteiger partial charge < -0.3 is 0 Å². The van der Waals surface area contributed by atoms with Gasteiger partial charge in [0.25, 0.3) is 0 Å². The Morgan fingerprint density at radius 3 is 1.60 bits per heavy atom. The monoisotopic (exact) mass is 247 g/mol. The zero-order valence-corrected chi connectivity index (χ0v) is 4.63. The Hall–Kier alpha value is 1.16. The SMILES string of the molecule is O=[S](=O)(O)[Er]. The fraction of sp³-hybridized carbons (Fsp3) is 0. The van der Waals surface area contributed by atoms with Crippen LogP contribution in [0.2, 0.25) is 0 Å². The van der Waals surface area contributed by atoms with Crippen LogP contribution in [-0.4, -0.2) is 13.0 Å². The van der Waals surface area contributed by atoms with E-state index in [1.807, 2.05) is 0 Å². The maximum atomic E-state index is 9.15. The van der Waals surface area contributed by atoms with Gasteiger partial charge in [0.1, 0.15) is 0 Å². The summed E-state index contributed by atoms with van der Waals surface area (Å²) in [7, 11) is 0. The van der Waals surface area contributed by atoms with Crippen LogP contribution in [0, 0.1) is 33.5 Å². The van der Waals surface area contributed by atoms with Gasteiger partial charge in [0.2, 0.25) is 0 Å². The van der Waals surface area contributed by atoms with Gasteiger partial charge in [-0.1, -0.05) is 0 Å². The number of rotatable bonds is 0. The quantitative estimate of drug-likeness (QED) is 0.579. The molecule has 1 N–H and O–H groups in total. The molecule has 0 rings (SSSR count). The second kappa shape index (κ2) is 1.74. The summed E-state index contributed by atoms with van der Waals surface area (Å²) in [5.74, 6) is 0. The summed E-state index contributed by atoms with van der Waals surface area (Å²) >= 11 is 1.24. The Balaban J connectivity index is 4.06. The molecule has 0 fully saturated rings. The first-order valence-corrected chi connectivity index (χ1v) is 4.17. The van der Waals surface area contributed by atoms with Gasteiger partial charge in [-0.15, -0.1) is 0 Å². The molecule has 3 nitrogen and oxygen atoms in total. The molecule has 5 heteroatoms. The summed E-state index contributed by atoms with van der Waals surface area (Å²) < 4.78 is 22.0. The van der Waals surface area contributed by atoms with Crippen molar-refractivity contribution in [3.05, 3.63) is 0 Å². The second-order valence-electron chi connectivity index (χ2n) is 0.366. The standard InChI is InChI=1S/Er.HO3S/c;1-4(2)3/h;(H,1,2,3). The Bertz CT molecular complexity index is 90.1. The van der Waals surface area contributed by atoms with E-state index in [2.05, 4.69) is 0 Å². The van der Waals surface area contributed by atoms with Gasteiger partial charge in [0.05, 0.1) is 0 Å². The van der Waals surface area contributed by atoms with Crippen molar-refractivity contribution in [3.8, 4) is 0 Å². The van der Waals surface area contributed by atoms with E-state index in [9.17, 15) is 0 Å². The van der Waals surface area contributed by atoms with E-state index in [0.717, 1.165) is 0 Å². The van der Waals surface area contributed by atoms with Crippen LogP contribution >= 0.6 is 0 Å². The first-order valence-electron chi connectivity index (χ1n) is 0.634. The minimum atomic E-state index is -3.75. The topological polar surface area (TPSA) is 54.4 Å². The third kappa shape index (κ3) is 38.4. The molecule has 0 aromatic carbocycles. The van der Waals surface area contributed by atoms with Crippen LogP contribution in [0.25, 0.3) is 0 Å². The zero-order valence-electron chi connectivity index (χ0n) is 1.96. The van der Waals surface area contributed by atoms with Crippen molar-refractivity contribution < 1.29 is 46.5 Å². The van der Waals surface area contributed by atoms with Gasteiger partial charge in [-0.25, -0.2) is 0 Å². The van der Waals surface area contributed by atoms with Crippen molar-refractivity contribution in [1.82, 2.24) is 0 Å². The maximum absolute atomic E-state index is 9.15. The number of hydrogen-bond acceptors (Lipinski definition) is 2. The van der Waals surface area contributed by atoms with Gasteiger partial charge >= 0.3 is 51.3 Å². The molecular weight excluding hydrogens is 247 g/mol. The van der Waals surface area contributed by atoms with Crippen LogP contribution in [0.4, 0.5) is 0 Å². The van der Waals surface area contributed by atoms with Crippen LogP contribution in [0.5, 0.6) is 0 Å². The fourth-order valence-corrected chi connectivity index (χ4v) is 0. The first-order chi connectivity index (χ1) is 2.00.